The SMILES string of the molecule is Cc1cc(C2(c3ccc(O)cc3)C(=O)Nc3c2ccc(F)c3F)ccc1O.Cc1cc(O)ccc1C1(c2ccc(O)cc2)C(=O)Nc2c1ccc(F)c2F.O=C1Nc2c(ccc(F)c2F)C1(c1ccc(O)cc1)C1CCCCCCC1. The van der Waals surface area contributed by atoms with Crippen molar-refractivity contribution in [3.8, 4) is 28.7 Å². The lowest BCUT2D eigenvalue weighted by Crippen LogP contribution is -2.43. The summed E-state index contributed by atoms with van der Waals surface area (Å²) in [6, 6.07) is 35.1. The van der Waals surface area contributed by atoms with Gasteiger partial charge in [-0.25, -0.2) is 26.3 Å². The maximum atomic E-state index is 14.5. The first-order valence-electron chi connectivity index (χ1n) is 26.1. The molecule has 1 saturated carbocycles. The molecule has 3 unspecified atom stereocenters. The van der Waals surface area contributed by atoms with Gasteiger partial charge in [-0.05, 0) is 150 Å². The molecule has 4 aliphatic rings. The Morgan fingerprint density at radius 3 is 1.26 bits per heavy atom. The number of halogens is 6. The molecule has 12 rings (SSSR count). The molecule has 0 aromatic heterocycles. The molecule has 0 bridgehead atoms. The van der Waals surface area contributed by atoms with Crippen LogP contribution in [0.3, 0.4) is 0 Å². The zero-order valence-electron chi connectivity index (χ0n) is 43.6. The Morgan fingerprint density at radius 1 is 0.383 bits per heavy atom. The maximum absolute atomic E-state index is 14.5. The molecule has 414 valence electrons. The van der Waals surface area contributed by atoms with E-state index >= 15 is 0 Å². The minimum atomic E-state index is -1.45. The molecular formula is C64H53F6N3O8. The summed E-state index contributed by atoms with van der Waals surface area (Å²) in [5, 5.41) is 56.2. The summed E-state index contributed by atoms with van der Waals surface area (Å²) in [5.74, 6) is -7.52. The molecule has 3 atom stereocenters. The average molecular weight is 1110 g/mol. The van der Waals surface area contributed by atoms with E-state index in [1.54, 1.807) is 80.6 Å². The van der Waals surface area contributed by atoms with E-state index in [0.29, 0.717) is 44.5 Å². The van der Waals surface area contributed by atoms with Crippen molar-refractivity contribution in [2.24, 2.45) is 5.92 Å². The Labute approximate surface area is 461 Å². The van der Waals surface area contributed by atoms with E-state index in [1.807, 2.05) is 0 Å². The number of hydrogen-bond donors (Lipinski definition) is 8. The van der Waals surface area contributed by atoms with Crippen LogP contribution in [0.5, 0.6) is 28.7 Å². The molecule has 81 heavy (non-hydrogen) atoms. The zero-order chi connectivity index (χ0) is 57.7. The number of benzene rings is 8. The number of anilines is 3. The van der Waals surface area contributed by atoms with Crippen molar-refractivity contribution in [1.29, 1.82) is 0 Å². The van der Waals surface area contributed by atoms with Gasteiger partial charge in [-0.3, -0.25) is 14.4 Å². The number of aryl methyl sites for hydroxylation is 2. The van der Waals surface area contributed by atoms with Crippen molar-refractivity contribution in [3.63, 3.8) is 0 Å². The first-order chi connectivity index (χ1) is 38.7. The topological polar surface area (TPSA) is 188 Å². The lowest BCUT2D eigenvalue weighted by atomic mass is 9.63. The molecule has 0 spiro atoms. The fraction of sp³-hybridized carbons (Fsp3) is 0.203. The van der Waals surface area contributed by atoms with E-state index < -0.39 is 63.0 Å². The van der Waals surface area contributed by atoms with Crippen LogP contribution in [-0.4, -0.2) is 43.3 Å². The third kappa shape index (κ3) is 9.09. The molecule has 0 saturated heterocycles. The molecule has 11 nitrogen and oxygen atoms in total. The van der Waals surface area contributed by atoms with Crippen molar-refractivity contribution >= 4 is 34.8 Å². The first kappa shape index (κ1) is 55.1. The van der Waals surface area contributed by atoms with Crippen LogP contribution in [0.4, 0.5) is 43.4 Å². The highest BCUT2D eigenvalue weighted by molar-refractivity contribution is 6.13. The Bertz CT molecular complexity index is 3800. The Hall–Kier alpha value is -9.25. The van der Waals surface area contributed by atoms with Crippen molar-refractivity contribution in [2.45, 2.75) is 75.0 Å². The Balaban J connectivity index is 0.000000136. The van der Waals surface area contributed by atoms with E-state index in [1.165, 1.54) is 67.1 Å². The third-order valence-corrected chi connectivity index (χ3v) is 16.2. The van der Waals surface area contributed by atoms with E-state index in [9.17, 15) is 66.3 Å². The number of phenols is 5. The normalized spacial score (nSPS) is 20.0. The second-order valence-corrected chi connectivity index (χ2v) is 20.7. The van der Waals surface area contributed by atoms with Crippen molar-refractivity contribution < 1.29 is 66.3 Å². The van der Waals surface area contributed by atoms with Crippen LogP contribution in [0.2, 0.25) is 0 Å². The van der Waals surface area contributed by atoms with E-state index in [2.05, 4.69) is 16.0 Å². The second-order valence-electron chi connectivity index (χ2n) is 20.7. The third-order valence-electron chi connectivity index (χ3n) is 16.2. The number of rotatable bonds is 6. The number of hydrogen-bond acceptors (Lipinski definition) is 8. The quantitative estimate of drug-likeness (QED) is 0.0755. The minimum absolute atomic E-state index is 0.00606. The van der Waals surface area contributed by atoms with Gasteiger partial charge in [0.25, 0.3) is 0 Å². The second kappa shape index (κ2) is 21.4. The van der Waals surface area contributed by atoms with Crippen LogP contribution < -0.4 is 16.0 Å². The van der Waals surface area contributed by atoms with Gasteiger partial charge in [-0.15, -0.1) is 0 Å². The van der Waals surface area contributed by atoms with Gasteiger partial charge in [-0.2, -0.15) is 0 Å². The highest BCUT2D eigenvalue weighted by Crippen LogP contribution is 2.54. The predicted molar refractivity (Wildman–Crippen MR) is 291 cm³/mol. The van der Waals surface area contributed by atoms with E-state index in [-0.39, 0.29) is 68.8 Å². The molecule has 0 radical (unpaired) electrons. The molecule has 3 heterocycles. The largest absolute Gasteiger partial charge is 0.508 e. The lowest BCUT2D eigenvalue weighted by Gasteiger charge is -2.38. The minimum Gasteiger partial charge on any atom is -0.508 e. The number of carbonyl (C=O) groups is 3. The van der Waals surface area contributed by atoms with Crippen molar-refractivity contribution in [3.05, 3.63) is 236 Å². The molecule has 8 aromatic rings. The van der Waals surface area contributed by atoms with Crippen molar-refractivity contribution in [1.82, 2.24) is 0 Å². The lowest BCUT2D eigenvalue weighted by molar-refractivity contribution is -0.121. The van der Waals surface area contributed by atoms with Gasteiger partial charge in [0, 0.05) is 11.1 Å². The highest BCUT2D eigenvalue weighted by Gasteiger charge is 2.55. The van der Waals surface area contributed by atoms with Gasteiger partial charge >= 0.3 is 0 Å². The van der Waals surface area contributed by atoms with Crippen LogP contribution in [-0.2, 0) is 30.6 Å². The van der Waals surface area contributed by atoms with Gasteiger partial charge < -0.3 is 41.5 Å². The Morgan fingerprint density at radius 2 is 0.765 bits per heavy atom. The summed E-state index contributed by atoms with van der Waals surface area (Å²) in [6.45, 7) is 3.41. The van der Waals surface area contributed by atoms with E-state index in [0.717, 1.165) is 56.7 Å². The smallest absolute Gasteiger partial charge is 0.244 e. The summed E-state index contributed by atoms with van der Waals surface area (Å²) in [7, 11) is 0. The molecule has 3 aliphatic heterocycles. The monoisotopic (exact) mass is 1110 g/mol. The first-order valence-corrected chi connectivity index (χ1v) is 26.1. The summed E-state index contributed by atoms with van der Waals surface area (Å²) < 4.78 is 84.6. The number of carbonyl (C=O) groups excluding carboxylic acids is 3. The summed E-state index contributed by atoms with van der Waals surface area (Å²) >= 11 is 0. The number of phenolic OH excluding ortho intramolecular Hbond substituents is 5. The number of nitrogens with one attached hydrogen (secondary N) is 3. The van der Waals surface area contributed by atoms with E-state index in [4.69, 9.17) is 0 Å². The van der Waals surface area contributed by atoms with Crippen LogP contribution in [0.25, 0.3) is 0 Å². The van der Waals surface area contributed by atoms with Crippen LogP contribution >= 0.6 is 0 Å². The summed E-state index contributed by atoms with van der Waals surface area (Å²) in [5.41, 5.74) is 0.451. The molecule has 1 fully saturated rings. The standard InChI is InChI=1S/C22H23F2NO2.2C21H15F2NO3/c23-18-13-12-17-20(19(18)24)25-21(27)22(17,15-8-10-16(26)11-9-15)14-6-4-2-1-3-5-7-14;1-11-10-13(4-9-17(11)26)21(12-2-5-14(25)6-3-12)15-7-8-16(22)18(23)19(15)24-20(21)27;1-11-10-14(26)6-7-15(11)21(12-2-4-13(25)5-3-12)16-8-9-17(22)18(23)19(16)24-20(21)27/h8-14,26H,1-7H2,(H,25,27);2*2-10,25-26H,1H3,(H,24,27). The molecule has 1 aliphatic carbocycles. The average Bonchev–Trinajstić information content (AvgIpc) is 2.60. The molecular weight excluding hydrogens is 1050 g/mol. The fourth-order valence-electron chi connectivity index (χ4n) is 12.3. The van der Waals surface area contributed by atoms with Crippen molar-refractivity contribution in [2.75, 3.05) is 16.0 Å². The van der Waals surface area contributed by atoms with Gasteiger partial charge in [0.05, 0.1) is 17.1 Å². The zero-order valence-corrected chi connectivity index (χ0v) is 43.6. The van der Waals surface area contributed by atoms with Gasteiger partial charge in [-0.1, -0.05) is 105 Å². The van der Waals surface area contributed by atoms with Crippen LogP contribution in [0.15, 0.2) is 146 Å². The number of aromatic hydroxyl groups is 5. The maximum Gasteiger partial charge on any atom is 0.244 e. The summed E-state index contributed by atoms with van der Waals surface area (Å²) in [4.78, 5) is 39.7. The molecule has 8 aromatic carbocycles. The van der Waals surface area contributed by atoms with Crippen LogP contribution in [0.1, 0.15) is 101 Å². The summed E-state index contributed by atoms with van der Waals surface area (Å²) in [6.07, 6.45) is 7.16. The Kier molecular flexibility index (Phi) is 14.6. The van der Waals surface area contributed by atoms with Gasteiger partial charge in [0.1, 0.15) is 45.0 Å². The van der Waals surface area contributed by atoms with Gasteiger partial charge in [0.15, 0.2) is 34.9 Å². The number of amides is 3. The molecule has 17 heteroatoms. The van der Waals surface area contributed by atoms with Gasteiger partial charge in [0.2, 0.25) is 17.7 Å². The predicted octanol–water partition coefficient (Wildman–Crippen LogP) is 13.2. The molecule has 3 amide bonds. The fourth-order valence-corrected chi connectivity index (χ4v) is 12.3. The van der Waals surface area contributed by atoms with Crippen LogP contribution in [0, 0.1) is 54.7 Å². The molecule has 8 N–H and O–H groups in total. The highest BCUT2D eigenvalue weighted by atomic mass is 19.2. The number of fused-ring (bicyclic) bond motifs is 3.